The van der Waals surface area contributed by atoms with Crippen molar-refractivity contribution in [1.29, 1.82) is 10.5 Å². The highest BCUT2D eigenvalue weighted by molar-refractivity contribution is 5.83. The van der Waals surface area contributed by atoms with Crippen molar-refractivity contribution in [2.75, 3.05) is 26.7 Å². The molecule has 0 aliphatic rings. The summed E-state index contributed by atoms with van der Waals surface area (Å²) in [5, 5.41) is 19.5. The van der Waals surface area contributed by atoms with Crippen LogP contribution in [-0.2, 0) is 14.3 Å². The summed E-state index contributed by atoms with van der Waals surface area (Å²) in [5.74, 6) is -0.990. The van der Waals surface area contributed by atoms with E-state index in [0.29, 0.717) is 0 Å². The number of carbonyl (C=O) groups excluding carboxylic acids is 2. The summed E-state index contributed by atoms with van der Waals surface area (Å²) in [7, 11) is 1.20. The van der Waals surface area contributed by atoms with Gasteiger partial charge in [-0.15, -0.1) is 0 Å². The Morgan fingerprint density at radius 1 is 1.35 bits per heavy atom. The summed E-state index contributed by atoms with van der Waals surface area (Å²) in [4.78, 5) is 23.7. The molecule has 17 heavy (non-hydrogen) atoms. The first-order valence-electron chi connectivity index (χ1n) is 4.86. The molecule has 0 aromatic rings. The number of ether oxygens (including phenoxy) is 1. The van der Waals surface area contributed by atoms with E-state index in [2.05, 4.69) is 10.1 Å². The third kappa shape index (κ3) is 6.13. The fourth-order valence-electron chi connectivity index (χ4n) is 1.21. The second kappa shape index (κ2) is 8.08. The molecule has 0 saturated heterocycles. The van der Waals surface area contributed by atoms with Crippen LogP contribution in [0.15, 0.2) is 0 Å². The fraction of sp³-hybridized carbons (Fsp3) is 0.600. The van der Waals surface area contributed by atoms with Crippen LogP contribution in [-0.4, -0.2) is 49.6 Å². The molecule has 1 amide bonds. The zero-order chi connectivity index (χ0) is 13.3. The Labute approximate surface area is 99.6 Å². The Hall–Kier alpha value is -2.12. The van der Waals surface area contributed by atoms with Crippen molar-refractivity contribution in [2.45, 2.75) is 13.0 Å². The molecule has 0 aromatic heterocycles. The average Bonchev–Trinajstić information content (AvgIpc) is 2.27. The molecule has 0 saturated carbocycles. The van der Waals surface area contributed by atoms with Gasteiger partial charge in [-0.2, -0.15) is 10.5 Å². The lowest BCUT2D eigenvalue weighted by atomic mass is 10.2. The summed E-state index contributed by atoms with van der Waals surface area (Å²) < 4.78 is 4.52. The number of esters is 1. The molecule has 0 aliphatic carbocycles. The van der Waals surface area contributed by atoms with E-state index in [4.69, 9.17) is 10.5 Å². The molecule has 0 aliphatic heterocycles. The molecule has 0 heterocycles. The minimum absolute atomic E-state index is 0.000634. The van der Waals surface area contributed by atoms with Gasteiger partial charge in [0.1, 0.15) is 6.04 Å². The van der Waals surface area contributed by atoms with E-state index in [1.807, 2.05) is 12.1 Å². The lowest BCUT2D eigenvalue weighted by Gasteiger charge is -2.22. The second-order valence-corrected chi connectivity index (χ2v) is 3.26. The van der Waals surface area contributed by atoms with Crippen molar-refractivity contribution in [1.82, 2.24) is 10.2 Å². The maximum Gasteiger partial charge on any atom is 0.329 e. The number of hydrogen-bond acceptors (Lipinski definition) is 6. The number of nitrogens with zero attached hydrogens (tertiary/aromatic N) is 3. The van der Waals surface area contributed by atoms with Crippen LogP contribution in [0.5, 0.6) is 0 Å². The van der Waals surface area contributed by atoms with Gasteiger partial charge >= 0.3 is 5.97 Å². The average molecular weight is 238 g/mol. The number of amides is 1. The van der Waals surface area contributed by atoms with Crippen molar-refractivity contribution in [3.63, 3.8) is 0 Å². The molecule has 0 rings (SSSR count). The van der Waals surface area contributed by atoms with Crippen LogP contribution in [0.25, 0.3) is 0 Å². The normalized spacial score (nSPS) is 11.1. The molecule has 0 bridgehead atoms. The monoisotopic (exact) mass is 238 g/mol. The third-order valence-corrected chi connectivity index (χ3v) is 1.89. The van der Waals surface area contributed by atoms with Crippen LogP contribution in [0.1, 0.15) is 6.92 Å². The lowest BCUT2D eigenvalue weighted by molar-refractivity contribution is -0.145. The van der Waals surface area contributed by atoms with Gasteiger partial charge in [0.05, 0.1) is 32.3 Å². The van der Waals surface area contributed by atoms with Gasteiger partial charge < -0.3 is 10.1 Å². The van der Waals surface area contributed by atoms with E-state index in [9.17, 15) is 9.59 Å². The van der Waals surface area contributed by atoms with E-state index in [1.165, 1.54) is 18.9 Å². The third-order valence-electron chi connectivity index (χ3n) is 1.89. The topological polar surface area (TPSA) is 106 Å². The highest BCUT2D eigenvalue weighted by Gasteiger charge is 2.23. The summed E-state index contributed by atoms with van der Waals surface area (Å²) >= 11 is 0. The molecule has 0 aromatic carbocycles. The van der Waals surface area contributed by atoms with Gasteiger partial charge in [0.15, 0.2) is 0 Å². The largest absolute Gasteiger partial charge is 0.467 e. The number of methoxy groups -OCH3 is 1. The molecule has 0 radical (unpaired) electrons. The number of carbonyl (C=O) groups is 2. The highest BCUT2D eigenvalue weighted by Crippen LogP contribution is 1.95. The van der Waals surface area contributed by atoms with Gasteiger partial charge in [-0.1, -0.05) is 0 Å². The Balaban J connectivity index is 4.59. The first-order valence-corrected chi connectivity index (χ1v) is 4.86. The summed E-state index contributed by atoms with van der Waals surface area (Å²) in [6, 6.07) is 2.88. The Kier molecular flexibility index (Phi) is 7.07. The quantitative estimate of drug-likeness (QED) is 0.470. The van der Waals surface area contributed by atoms with Crippen molar-refractivity contribution in [3.05, 3.63) is 0 Å². The Morgan fingerprint density at radius 2 is 1.88 bits per heavy atom. The van der Waals surface area contributed by atoms with Gasteiger partial charge in [0, 0.05) is 13.5 Å². The van der Waals surface area contributed by atoms with E-state index < -0.39 is 12.0 Å². The van der Waals surface area contributed by atoms with Crippen LogP contribution >= 0.6 is 0 Å². The second-order valence-electron chi connectivity index (χ2n) is 3.26. The molecule has 7 heteroatoms. The Bertz CT molecular complexity index is 340. The number of hydrogen-bond donors (Lipinski definition) is 1. The number of nitriles is 2. The van der Waals surface area contributed by atoms with E-state index in [1.54, 1.807) is 0 Å². The van der Waals surface area contributed by atoms with E-state index in [-0.39, 0.29) is 25.5 Å². The molecule has 92 valence electrons. The Morgan fingerprint density at radius 3 is 2.24 bits per heavy atom. The molecule has 0 fully saturated rings. The molecule has 0 spiro atoms. The minimum Gasteiger partial charge on any atom is -0.467 e. The highest BCUT2D eigenvalue weighted by atomic mass is 16.5. The smallest absolute Gasteiger partial charge is 0.329 e. The van der Waals surface area contributed by atoms with Gasteiger partial charge in [0.25, 0.3) is 0 Å². The van der Waals surface area contributed by atoms with Crippen LogP contribution in [0.4, 0.5) is 0 Å². The van der Waals surface area contributed by atoms with Crippen LogP contribution in [0.3, 0.4) is 0 Å². The van der Waals surface area contributed by atoms with Crippen LogP contribution < -0.4 is 5.32 Å². The predicted octanol–water partition coefficient (Wildman–Crippen LogP) is -0.987. The molecule has 7 nitrogen and oxygen atoms in total. The number of rotatable bonds is 6. The molecule has 1 N–H and O–H groups in total. The van der Waals surface area contributed by atoms with Gasteiger partial charge in [-0.3, -0.25) is 9.69 Å². The van der Waals surface area contributed by atoms with Crippen molar-refractivity contribution < 1.29 is 14.3 Å². The SMILES string of the molecule is COC(=O)C(CN(CC#N)CC#N)NC(C)=O. The van der Waals surface area contributed by atoms with Crippen LogP contribution in [0.2, 0.25) is 0 Å². The van der Waals surface area contributed by atoms with Gasteiger partial charge in [0.2, 0.25) is 5.91 Å². The van der Waals surface area contributed by atoms with Gasteiger partial charge in [-0.05, 0) is 0 Å². The number of nitrogens with one attached hydrogen (secondary N) is 1. The lowest BCUT2D eigenvalue weighted by Crippen LogP contribution is -2.48. The minimum atomic E-state index is -0.876. The summed E-state index contributed by atoms with van der Waals surface area (Å²) in [6.07, 6.45) is 0. The summed E-state index contributed by atoms with van der Waals surface area (Å²) in [5.41, 5.74) is 0. The van der Waals surface area contributed by atoms with Crippen molar-refractivity contribution in [2.24, 2.45) is 0 Å². The first kappa shape index (κ1) is 14.9. The van der Waals surface area contributed by atoms with Crippen molar-refractivity contribution in [3.8, 4) is 12.1 Å². The molecular weight excluding hydrogens is 224 g/mol. The molecule has 1 atom stereocenters. The molecule has 1 unspecified atom stereocenters. The van der Waals surface area contributed by atoms with E-state index >= 15 is 0 Å². The zero-order valence-electron chi connectivity index (χ0n) is 9.77. The summed E-state index contributed by atoms with van der Waals surface area (Å²) in [6.45, 7) is 1.34. The predicted molar refractivity (Wildman–Crippen MR) is 57.3 cm³/mol. The van der Waals surface area contributed by atoms with Crippen LogP contribution in [0, 0.1) is 22.7 Å². The van der Waals surface area contributed by atoms with E-state index in [0.717, 1.165) is 0 Å². The zero-order valence-corrected chi connectivity index (χ0v) is 9.77. The fourth-order valence-corrected chi connectivity index (χ4v) is 1.21. The maximum atomic E-state index is 11.4. The maximum absolute atomic E-state index is 11.4. The van der Waals surface area contributed by atoms with Gasteiger partial charge in [-0.25, -0.2) is 4.79 Å². The standard InChI is InChI=1S/C10H14N4O3/c1-8(15)13-9(10(16)17-2)7-14(5-3-11)6-4-12/h9H,5-7H2,1-2H3,(H,13,15). The van der Waals surface area contributed by atoms with Crippen molar-refractivity contribution >= 4 is 11.9 Å². The molecular formula is C10H14N4O3. The first-order chi connectivity index (χ1) is 8.04.